The molecule has 0 saturated carbocycles. The molecule has 0 aromatic carbocycles. The molecule has 0 aromatic heterocycles. The maximum atomic E-state index is 10.1. The normalized spacial score (nSPS) is 23.1. The van der Waals surface area contributed by atoms with Gasteiger partial charge in [0.1, 0.15) is 0 Å². The molecule has 1 heterocycles. The van der Waals surface area contributed by atoms with Gasteiger partial charge in [0.15, 0.2) is 0 Å². The van der Waals surface area contributed by atoms with Crippen molar-refractivity contribution in [1.82, 2.24) is 10.2 Å². The van der Waals surface area contributed by atoms with E-state index in [1.807, 2.05) is 0 Å². The average Bonchev–Trinajstić information content (AvgIpc) is 2.49. The summed E-state index contributed by atoms with van der Waals surface area (Å²) in [6, 6.07) is 0.575. The molecular formula is C17H36N2O2. The van der Waals surface area contributed by atoms with E-state index in [4.69, 9.17) is 4.74 Å². The van der Waals surface area contributed by atoms with Crippen LogP contribution in [0.5, 0.6) is 0 Å². The van der Waals surface area contributed by atoms with Crippen LogP contribution in [0, 0.1) is 5.92 Å². The molecule has 0 aliphatic carbocycles. The minimum Gasteiger partial charge on any atom is -0.389 e. The van der Waals surface area contributed by atoms with Gasteiger partial charge in [-0.15, -0.1) is 0 Å². The van der Waals surface area contributed by atoms with Crippen LogP contribution in [0.1, 0.15) is 52.9 Å². The van der Waals surface area contributed by atoms with Crippen LogP contribution in [0.15, 0.2) is 0 Å². The summed E-state index contributed by atoms with van der Waals surface area (Å²) in [5, 5.41) is 13.7. The summed E-state index contributed by atoms with van der Waals surface area (Å²) in [5.41, 5.74) is 0. The van der Waals surface area contributed by atoms with Gasteiger partial charge in [-0.2, -0.15) is 0 Å². The molecule has 4 nitrogen and oxygen atoms in total. The average molecular weight is 300 g/mol. The van der Waals surface area contributed by atoms with Crippen LogP contribution in [-0.4, -0.2) is 61.5 Å². The van der Waals surface area contributed by atoms with E-state index in [2.05, 4.69) is 31.0 Å². The van der Waals surface area contributed by atoms with Gasteiger partial charge in [-0.1, -0.05) is 20.3 Å². The Morgan fingerprint density at radius 1 is 1.33 bits per heavy atom. The Kier molecular flexibility index (Phi) is 10.3. The molecule has 0 amide bonds. The lowest BCUT2D eigenvalue weighted by Gasteiger charge is -2.37. The van der Waals surface area contributed by atoms with Crippen molar-refractivity contribution in [3.8, 4) is 0 Å². The van der Waals surface area contributed by atoms with E-state index in [0.717, 1.165) is 45.6 Å². The molecule has 4 heteroatoms. The highest BCUT2D eigenvalue weighted by Crippen LogP contribution is 2.20. The number of likely N-dealkylation sites (tertiary alicyclic amines) is 1. The van der Waals surface area contributed by atoms with Gasteiger partial charge in [0.05, 0.1) is 12.7 Å². The van der Waals surface area contributed by atoms with Gasteiger partial charge in [-0.25, -0.2) is 0 Å². The second kappa shape index (κ2) is 11.4. The fraction of sp³-hybridized carbons (Fsp3) is 1.00. The van der Waals surface area contributed by atoms with E-state index in [1.54, 1.807) is 0 Å². The Morgan fingerprint density at radius 2 is 2.14 bits per heavy atom. The smallest absolute Gasteiger partial charge is 0.0900 e. The number of unbranched alkanes of at least 4 members (excludes halogenated alkanes) is 1. The molecule has 1 fully saturated rings. The zero-order chi connectivity index (χ0) is 15.5. The quantitative estimate of drug-likeness (QED) is 0.575. The van der Waals surface area contributed by atoms with Gasteiger partial charge in [-0.05, 0) is 51.6 Å². The van der Waals surface area contributed by atoms with Gasteiger partial charge >= 0.3 is 0 Å². The second-order valence-electron chi connectivity index (χ2n) is 6.49. The van der Waals surface area contributed by atoms with Crippen molar-refractivity contribution in [3.05, 3.63) is 0 Å². The highest BCUT2D eigenvalue weighted by Gasteiger charge is 2.25. The van der Waals surface area contributed by atoms with Crippen LogP contribution in [0.4, 0.5) is 0 Å². The summed E-state index contributed by atoms with van der Waals surface area (Å²) in [4.78, 5) is 2.41. The highest BCUT2D eigenvalue weighted by atomic mass is 16.5. The zero-order valence-corrected chi connectivity index (χ0v) is 14.3. The number of aliphatic hydroxyl groups is 1. The molecule has 0 spiro atoms. The molecule has 0 bridgehead atoms. The fourth-order valence-electron chi connectivity index (χ4n) is 3.02. The van der Waals surface area contributed by atoms with Gasteiger partial charge in [-0.3, -0.25) is 0 Å². The molecule has 0 radical (unpaired) electrons. The zero-order valence-electron chi connectivity index (χ0n) is 14.3. The van der Waals surface area contributed by atoms with Crippen LogP contribution >= 0.6 is 0 Å². The molecule has 1 saturated heterocycles. The van der Waals surface area contributed by atoms with Crippen LogP contribution in [-0.2, 0) is 4.74 Å². The molecule has 2 N–H and O–H groups in total. The lowest BCUT2D eigenvalue weighted by Crippen LogP contribution is -2.47. The topological polar surface area (TPSA) is 44.7 Å². The first-order valence-electron chi connectivity index (χ1n) is 8.88. The van der Waals surface area contributed by atoms with Crippen LogP contribution < -0.4 is 5.32 Å². The molecule has 1 aliphatic heterocycles. The SMILES string of the molecule is CCCCOCC(O)CN1CCCC(C(C)NCCC)C1. The van der Waals surface area contributed by atoms with Crippen molar-refractivity contribution in [2.45, 2.75) is 65.0 Å². The first kappa shape index (κ1) is 18.9. The number of hydrogen-bond acceptors (Lipinski definition) is 4. The third-order valence-corrected chi connectivity index (χ3v) is 4.39. The van der Waals surface area contributed by atoms with Crippen molar-refractivity contribution in [2.75, 3.05) is 39.4 Å². The molecule has 3 unspecified atom stereocenters. The fourth-order valence-corrected chi connectivity index (χ4v) is 3.02. The summed E-state index contributed by atoms with van der Waals surface area (Å²) in [6.45, 7) is 12.0. The molecule has 0 aromatic rings. The van der Waals surface area contributed by atoms with E-state index < -0.39 is 0 Å². The van der Waals surface area contributed by atoms with E-state index >= 15 is 0 Å². The first-order chi connectivity index (χ1) is 10.2. The summed E-state index contributed by atoms with van der Waals surface area (Å²) in [5.74, 6) is 0.707. The molecule has 1 rings (SSSR count). The predicted molar refractivity (Wildman–Crippen MR) is 88.7 cm³/mol. The Morgan fingerprint density at radius 3 is 2.86 bits per heavy atom. The third kappa shape index (κ3) is 8.15. The van der Waals surface area contributed by atoms with Crippen molar-refractivity contribution in [1.29, 1.82) is 0 Å². The van der Waals surface area contributed by atoms with Gasteiger partial charge < -0.3 is 20.1 Å². The number of nitrogens with one attached hydrogen (secondary N) is 1. The molecule has 3 atom stereocenters. The van der Waals surface area contributed by atoms with Gasteiger partial charge in [0.25, 0.3) is 0 Å². The van der Waals surface area contributed by atoms with E-state index in [-0.39, 0.29) is 6.10 Å². The minimum atomic E-state index is -0.348. The Bertz CT molecular complexity index is 251. The standard InChI is InChI=1S/C17H36N2O2/c1-4-6-11-21-14-17(20)13-19-10-7-8-16(12-19)15(3)18-9-5-2/h15-18,20H,4-14H2,1-3H3. The van der Waals surface area contributed by atoms with Crippen molar-refractivity contribution in [3.63, 3.8) is 0 Å². The largest absolute Gasteiger partial charge is 0.389 e. The third-order valence-electron chi connectivity index (χ3n) is 4.39. The van der Waals surface area contributed by atoms with Crippen molar-refractivity contribution >= 4 is 0 Å². The number of hydrogen-bond donors (Lipinski definition) is 2. The monoisotopic (exact) mass is 300 g/mol. The lowest BCUT2D eigenvalue weighted by atomic mass is 9.91. The summed E-state index contributed by atoms with van der Waals surface area (Å²) < 4.78 is 5.52. The van der Waals surface area contributed by atoms with Crippen molar-refractivity contribution < 1.29 is 9.84 Å². The molecule has 126 valence electrons. The first-order valence-corrected chi connectivity index (χ1v) is 8.88. The van der Waals surface area contributed by atoms with Crippen LogP contribution in [0.25, 0.3) is 0 Å². The van der Waals surface area contributed by atoms with Crippen LogP contribution in [0.3, 0.4) is 0 Å². The summed E-state index contributed by atoms with van der Waals surface area (Å²) >= 11 is 0. The Labute approximate surface area is 131 Å². The van der Waals surface area contributed by atoms with E-state index in [9.17, 15) is 5.11 Å². The van der Waals surface area contributed by atoms with E-state index in [1.165, 1.54) is 19.3 Å². The molecule has 21 heavy (non-hydrogen) atoms. The highest BCUT2D eigenvalue weighted by molar-refractivity contribution is 4.81. The maximum Gasteiger partial charge on any atom is 0.0900 e. The Hall–Kier alpha value is -0.160. The number of β-amino-alcohol motifs (C(OH)–C–C–N with tert-alkyl or cyclic N) is 1. The number of rotatable bonds is 11. The van der Waals surface area contributed by atoms with Gasteiger partial charge in [0.2, 0.25) is 0 Å². The Balaban J connectivity index is 2.22. The minimum absolute atomic E-state index is 0.348. The number of nitrogens with zero attached hydrogens (tertiary/aromatic N) is 1. The van der Waals surface area contributed by atoms with Crippen molar-refractivity contribution in [2.24, 2.45) is 5.92 Å². The van der Waals surface area contributed by atoms with E-state index in [0.29, 0.717) is 18.6 Å². The summed E-state index contributed by atoms with van der Waals surface area (Å²) in [7, 11) is 0. The maximum absolute atomic E-state index is 10.1. The number of aliphatic hydroxyl groups excluding tert-OH is 1. The predicted octanol–water partition coefficient (Wildman–Crippen LogP) is 2.26. The van der Waals surface area contributed by atoms with Gasteiger partial charge in [0, 0.05) is 25.7 Å². The lowest BCUT2D eigenvalue weighted by molar-refractivity contribution is 0.00667. The summed E-state index contributed by atoms with van der Waals surface area (Å²) in [6.07, 6.45) is 5.61. The number of ether oxygens (including phenoxy) is 1. The second-order valence-corrected chi connectivity index (χ2v) is 6.49. The molecule has 1 aliphatic rings. The molecular weight excluding hydrogens is 264 g/mol. The number of piperidine rings is 1. The van der Waals surface area contributed by atoms with Crippen LogP contribution in [0.2, 0.25) is 0 Å².